The Balaban J connectivity index is 0.000000556. The van der Waals surface area contributed by atoms with Crippen molar-refractivity contribution in [3.05, 3.63) is 258 Å². The van der Waals surface area contributed by atoms with Gasteiger partial charge in [0.1, 0.15) is 25.1 Å². The van der Waals surface area contributed by atoms with Gasteiger partial charge in [0.25, 0.3) is 0 Å². The van der Waals surface area contributed by atoms with Crippen molar-refractivity contribution in [2.75, 3.05) is 18.1 Å². The molecule has 0 atom stereocenters. The molecule has 0 saturated heterocycles. The van der Waals surface area contributed by atoms with Crippen molar-refractivity contribution < 1.29 is 9.47 Å². The Morgan fingerprint density at radius 2 is 0.800 bits per heavy atom. The van der Waals surface area contributed by atoms with Crippen LogP contribution >= 0.6 is 23.5 Å². The zero-order valence-corrected chi connectivity index (χ0v) is 69.1. The van der Waals surface area contributed by atoms with Crippen molar-refractivity contribution in [1.29, 1.82) is 0 Å². The predicted octanol–water partition coefficient (Wildman–Crippen LogP) is 24.1. The number of nitrogens with zero attached hydrogens (tertiary/aromatic N) is 9. The van der Waals surface area contributed by atoms with Crippen LogP contribution in [-0.2, 0) is 42.0 Å². The molecule has 13 heteroatoms. The van der Waals surface area contributed by atoms with Crippen LogP contribution < -0.4 is 0 Å². The van der Waals surface area contributed by atoms with Gasteiger partial charge in [-0.3, -0.25) is 15.0 Å². The lowest BCUT2D eigenvalue weighted by molar-refractivity contribution is 0.250. The summed E-state index contributed by atoms with van der Waals surface area (Å²) in [5.74, 6) is 3.75. The summed E-state index contributed by atoms with van der Waals surface area (Å²) in [6.07, 6.45) is 43.6. The van der Waals surface area contributed by atoms with E-state index in [1.807, 2.05) is 97.1 Å². The SMILES string of the molecule is CC(C)(C)C1=CC=COC1.CC(C)(C)C1=CC=CSC1.CC(C)(C)C1=CC=CSC1.CC(C)(C)C1C=COC=C1.CC(C)(C)c1ccccn1.CC(C)(C)c1cccnc1.CC(C)(C)c1ccncc1.CC(C)(C)c1ccncn1.CC(C)(C)c1cncnc1.CC(C)(C)c1ncccn1. The first-order valence-corrected chi connectivity index (χ1v) is 37.1. The molecule has 0 saturated carbocycles. The molecule has 0 radical (unpaired) electrons. The van der Waals surface area contributed by atoms with Gasteiger partial charge in [-0.15, -0.1) is 23.5 Å². The summed E-state index contributed by atoms with van der Waals surface area (Å²) in [6, 6.07) is 18.0. The fourth-order valence-corrected chi connectivity index (χ4v) is 10.1. The van der Waals surface area contributed by atoms with Crippen LogP contribution in [0.25, 0.3) is 0 Å². The molecule has 11 nitrogen and oxygen atoms in total. The average Bonchev–Trinajstić information content (AvgIpc) is 1.11. The fraction of sp³-hybridized carbons (Fsp3) is 0.506. The summed E-state index contributed by atoms with van der Waals surface area (Å²) in [6.45, 7) is 66.3. The number of ether oxygens (including phenoxy) is 2. The third-order valence-electron chi connectivity index (χ3n) is 15.3. The Kier molecular flexibility index (Phi) is 39.1. The first-order valence-electron chi connectivity index (χ1n) is 35.0. The lowest BCUT2D eigenvalue weighted by Gasteiger charge is -2.26. The summed E-state index contributed by atoms with van der Waals surface area (Å²) in [7, 11) is 0. The maximum absolute atomic E-state index is 5.16. The second-order valence-corrected chi connectivity index (χ2v) is 36.7. The van der Waals surface area contributed by atoms with Crippen molar-refractivity contribution in [2.45, 2.75) is 240 Å². The molecule has 4 aliphatic heterocycles. The summed E-state index contributed by atoms with van der Waals surface area (Å²) in [5, 5.41) is 4.30. The number of aromatic nitrogens is 9. The van der Waals surface area contributed by atoms with Crippen molar-refractivity contribution in [3.8, 4) is 0 Å². The van der Waals surface area contributed by atoms with E-state index < -0.39 is 0 Å². The van der Waals surface area contributed by atoms with Crippen LogP contribution in [-0.4, -0.2) is 63.0 Å². The Hall–Kier alpha value is -7.09. The van der Waals surface area contributed by atoms with Crippen LogP contribution in [0.4, 0.5) is 0 Å². The maximum atomic E-state index is 5.16. The Morgan fingerprint density at radius 3 is 1.07 bits per heavy atom. The zero-order valence-electron chi connectivity index (χ0n) is 67.5. The summed E-state index contributed by atoms with van der Waals surface area (Å²) in [5.41, 5.74) is 12.8. The van der Waals surface area contributed by atoms with E-state index in [9.17, 15) is 0 Å². The molecule has 10 heterocycles. The smallest absolute Gasteiger partial charge is 0.133 e. The molecule has 0 bridgehead atoms. The van der Waals surface area contributed by atoms with Gasteiger partial charge in [0.2, 0.25) is 0 Å². The molecule has 4 aliphatic rings. The highest BCUT2D eigenvalue weighted by atomic mass is 32.2. The highest BCUT2D eigenvalue weighted by Gasteiger charge is 2.23. The molecule has 6 aromatic heterocycles. The minimum absolute atomic E-state index is 0.0707. The Labute approximate surface area is 618 Å². The molecular formula is C87H131N9O2S2. The standard InChI is InChI=1S/3C9H13N.2C9H14O.2C9H14S.3C8H12N2/c1-9(2,3)8-4-6-10-7-5-8;1-9(2,3)8-5-4-6-10-7-8;1-9(2,3)8-6-4-5-7-10-8;1-9(2,3)8-4-6-10-7-5-8;3*1-9(2,3)8-5-4-6-10-7-8;1-8(2,3)7-4-9-6-10-5-7;1-8(2,3)7-4-5-9-6-10-7;1-8(2,3)7-9-5-4-6-10-7/h3*4-7H,1-3H3;4-8H,1-3H3;3*4-6H,7H2,1-3H3;3*4-6H,1-3H3. The topological polar surface area (TPSA) is 134 Å². The number of hydrogen-bond donors (Lipinski definition) is 0. The van der Waals surface area contributed by atoms with E-state index in [-0.39, 0.29) is 37.9 Å². The third kappa shape index (κ3) is 41.6. The summed E-state index contributed by atoms with van der Waals surface area (Å²) < 4.78 is 10.1. The molecule has 0 aliphatic carbocycles. The van der Waals surface area contributed by atoms with E-state index in [0.29, 0.717) is 22.2 Å². The number of rotatable bonds is 0. The number of thioether (sulfide) groups is 2. The van der Waals surface area contributed by atoms with E-state index in [1.54, 1.807) is 67.4 Å². The van der Waals surface area contributed by atoms with Crippen LogP contribution in [0.5, 0.6) is 0 Å². The van der Waals surface area contributed by atoms with Gasteiger partial charge in [-0.2, -0.15) is 0 Å². The Morgan fingerprint density at radius 1 is 0.340 bits per heavy atom. The fourth-order valence-electron chi connectivity index (χ4n) is 8.11. The molecule has 0 fully saturated rings. The number of allylic oxidation sites excluding steroid dienone is 8. The monoisotopic (exact) mass is 1400 g/mol. The van der Waals surface area contributed by atoms with E-state index in [1.165, 1.54) is 33.8 Å². The molecule has 100 heavy (non-hydrogen) atoms. The minimum atomic E-state index is 0.0707. The highest BCUT2D eigenvalue weighted by molar-refractivity contribution is 8.02. The lowest BCUT2D eigenvalue weighted by atomic mass is 9.80. The van der Waals surface area contributed by atoms with Gasteiger partial charge in [0.05, 0.1) is 18.8 Å². The maximum Gasteiger partial charge on any atom is 0.133 e. The largest absolute Gasteiger partial charge is 0.497 e. The van der Waals surface area contributed by atoms with Crippen molar-refractivity contribution in [3.63, 3.8) is 0 Å². The van der Waals surface area contributed by atoms with Crippen molar-refractivity contribution in [1.82, 2.24) is 44.9 Å². The second kappa shape index (κ2) is 43.0. The molecule has 0 spiro atoms. The van der Waals surface area contributed by atoms with E-state index in [0.717, 1.165) is 23.8 Å². The number of pyridine rings is 3. The second-order valence-electron chi connectivity index (χ2n) is 34.9. The van der Waals surface area contributed by atoms with Gasteiger partial charge in [-0.25, -0.2) is 29.9 Å². The van der Waals surface area contributed by atoms with Crippen LogP contribution in [0, 0.1) is 27.6 Å². The van der Waals surface area contributed by atoms with E-state index in [2.05, 4.69) is 330 Å². The van der Waals surface area contributed by atoms with Crippen LogP contribution in [0.15, 0.2) is 224 Å². The van der Waals surface area contributed by atoms with Gasteiger partial charge < -0.3 is 9.47 Å². The van der Waals surface area contributed by atoms with E-state index >= 15 is 0 Å². The van der Waals surface area contributed by atoms with E-state index in [4.69, 9.17) is 9.47 Å². The van der Waals surface area contributed by atoms with Gasteiger partial charge in [-0.1, -0.05) is 261 Å². The van der Waals surface area contributed by atoms with Crippen molar-refractivity contribution in [2.24, 2.45) is 27.6 Å². The van der Waals surface area contributed by atoms with Gasteiger partial charge in [-0.05, 0) is 132 Å². The minimum Gasteiger partial charge on any atom is -0.497 e. The Bertz CT molecular complexity index is 2910. The summed E-state index contributed by atoms with van der Waals surface area (Å²) >= 11 is 3.76. The molecule has 548 valence electrons. The third-order valence-corrected chi connectivity index (χ3v) is 16.9. The van der Waals surface area contributed by atoms with Crippen LogP contribution in [0.3, 0.4) is 0 Å². The van der Waals surface area contributed by atoms with Gasteiger partial charge in [0, 0.05) is 107 Å². The summed E-state index contributed by atoms with van der Waals surface area (Å²) in [4.78, 5) is 36.4. The predicted molar refractivity (Wildman–Crippen MR) is 434 cm³/mol. The molecule has 6 aromatic rings. The first-order chi connectivity index (χ1) is 46.1. The molecule has 0 N–H and O–H groups in total. The zero-order chi connectivity index (χ0) is 76.1. The molecular weight excluding hydrogens is 1270 g/mol. The van der Waals surface area contributed by atoms with Crippen molar-refractivity contribution >= 4 is 23.5 Å². The average molecular weight is 1400 g/mol. The first kappa shape index (κ1) is 90.9. The quantitative estimate of drug-likeness (QED) is 0.143. The molecule has 0 aromatic carbocycles. The van der Waals surface area contributed by atoms with Crippen LogP contribution in [0.2, 0.25) is 0 Å². The van der Waals surface area contributed by atoms with Gasteiger partial charge >= 0.3 is 0 Å². The lowest BCUT2D eigenvalue weighted by Crippen LogP contribution is -2.17. The van der Waals surface area contributed by atoms with Crippen LogP contribution in [0.1, 0.15) is 242 Å². The highest BCUT2D eigenvalue weighted by Crippen LogP contribution is 2.33. The number of hydrogen-bond acceptors (Lipinski definition) is 13. The molecule has 0 amide bonds. The van der Waals surface area contributed by atoms with Gasteiger partial charge in [0.15, 0.2) is 0 Å². The molecule has 0 unspecified atom stereocenters. The molecule has 10 rings (SSSR count). The normalized spacial score (nSPS) is 14.4.